The van der Waals surface area contributed by atoms with Crippen LogP contribution in [0.1, 0.15) is 16.9 Å². The van der Waals surface area contributed by atoms with E-state index in [-0.39, 0.29) is 13.2 Å². The Morgan fingerprint density at radius 2 is 2.24 bits per heavy atom. The molecular formula is C12H16O3S2. The van der Waals surface area contributed by atoms with Gasteiger partial charge in [0.25, 0.3) is 0 Å². The van der Waals surface area contributed by atoms with Crippen LogP contribution in [0.15, 0.2) is 11.4 Å². The smallest absolute Gasteiger partial charge is 0.0861 e. The molecular weight excluding hydrogens is 256 g/mol. The number of aliphatic hydroxyl groups is 3. The topological polar surface area (TPSA) is 60.7 Å². The molecule has 0 aliphatic rings. The van der Waals surface area contributed by atoms with Crippen molar-refractivity contribution in [2.24, 2.45) is 0 Å². The number of thiophene rings is 1. The van der Waals surface area contributed by atoms with Gasteiger partial charge >= 0.3 is 0 Å². The summed E-state index contributed by atoms with van der Waals surface area (Å²) >= 11 is 3.22. The summed E-state index contributed by atoms with van der Waals surface area (Å²) in [6.45, 7) is -0.107. The highest BCUT2D eigenvalue weighted by Crippen LogP contribution is 2.22. The quantitative estimate of drug-likeness (QED) is 0.678. The van der Waals surface area contributed by atoms with E-state index in [1.807, 2.05) is 11.4 Å². The first-order valence-electron chi connectivity index (χ1n) is 5.30. The zero-order chi connectivity index (χ0) is 12.5. The average molecular weight is 272 g/mol. The second kappa shape index (κ2) is 8.56. The van der Waals surface area contributed by atoms with E-state index in [0.29, 0.717) is 12.2 Å². The lowest BCUT2D eigenvalue weighted by Crippen LogP contribution is -2.14. The van der Waals surface area contributed by atoms with Gasteiger partial charge in [-0.05, 0) is 11.4 Å². The van der Waals surface area contributed by atoms with Gasteiger partial charge in [-0.15, -0.1) is 11.3 Å². The van der Waals surface area contributed by atoms with Gasteiger partial charge in [-0.3, -0.25) is 0 Å². The Morgan fingerprint density at radius 1 is 1.41 bits per heavy atom. The van der Waals surface area contributed by atoms with Crippen molar-refractivity contribution in [2.75, 3.05) is 19.0 Å². The van der Waals surface area contributed by atoms with E-state index >= 15 is 0 Å². The van der Waals surface area contributed by atoms with Crippen LogP contribution in [0.5, 0.6) is 0 Å². The maximum absolute atomic E-state index is 9.21. The molecule has 1 unspecified atom stereocenters. The van der Waals surface area contributed by atoms with E-state index in [1.54, 1.807) is 23.1 Å². The third-order valence-electron chi connectivity index (χ3n) is 1.96. The number of aliphatic hydroxyl groups excluding tert-OH is 3. The molecule has 0 radical (unpaired) electrons. The molecule has 1 atom stereocenters. The fourth-order valence-corrected chi connectivity index (χ4v) is 3.09. The summed E-state index contributed by atoms with van der Waals surface area (Å²) in [5, 5.41) is 28.5. The van der Waals surface area contributed by atoms with Crippen molar-refractivity contribution in [3.05, 3.63) is 21.9 Å². The lowest BCUT2D eigenvalue weighted by Gasteiger charge is -2.05. The van der Waals surface area contributed by atoms with Gasteiger partial charge in [0.2, 0.25) is 0 Å². The van der Waals surface area contributed by atoms with Crippen molar-refractivity contribution in [1.82, 2.24) is 0 Å². The summed E-state index contributed by atoms with van der Waals surface area (Å²) in [5.41, 5.74) is 0.995. The molecule has 0 amide bonds. The fraction of sp³-hybridized carbons (Fsp3) is 0.500. The predicted octanol–water partition coefficient (Wildman–Crippen LogP) is 1.07. The summed E-state index contributed by atoms with van der Waals surface area (Å²) in [6.07, 6.45) is -0.157. The van der Waals surface area contributed by atoms with E-state index in [0.717, 1.165) is 11.3 Å². The second-order valence-corrected chi connectivity index (χ2v) is 5.42. The molecule has 3 nitrogen and oxygen atoms in total. The molecule has 94 valence electrons. The summed E-state index contributed by atoms with van der Waals surface area (Å²) in [7, 11) is 0. The van der Waals surface area contributed by atoms with Crippen LogP contribution in [0.3, 0.4) is 0 Å². The molecule has 0 saturated carbocycles. The van der Waals surface area contributed by atoms with Gasteiger partial charge in [0.1, 0.15) is 0 Å². The van der Waals surface area contributed by atoms with Crippen molar-refractivity contribution in [1.29, 1.82) is 0 Å². The molecule has 1 aromatic heterocycles. The lowest BCUT2D eigenvalue weighted by molar-refractivity contribution is 0.113. The molecule has 17 heavy (non-hydrogen) atoms. The van der Waals surface area contributed by atoms with Crippen LogP contribution in [0.2, 0.25) is 0 Å². The van der Waals surface area contributed by atoms with Gasteiger partial charge in [-0.2, -0.15) is 11.8 Å². The Morgan fingerprint density at radius 3 is 2.94 bits per heavy atom. The van der Waals surface area contributed by atoms with E-state index in [9.17, 15) is 5.11 Å². The zero-order valence-corrected chi connectivity index (χ0v) is 11.1. The van der Waals surface area contributed by atoms with Gasteiger partial charge in [0.15, 0.2) is 0 Å². The van der Waals surface area contributed by atoms with Crippen molar-refractivity contribution in [3.8, 4) is 11.8 Å². The Balaban J connectivity index is 2.44. The van der Waals surface area contributed by atoms with E-state index in [1.165, 1.54) is 4.88 Å². The first-order valence-corrected chi connectivity index (χ1v) is 7.34. The predicted molar refractivity (Wildman–Crippen MR) is 72.2 cm³/mol. The molecule has 1 rings (SSSR count). The third-order valence-corrected chi connectivity index (χ3v) is 4.18. The van der Waals surface area contributed by atoms with E-state index in [2.05, 4.69) is 11.8 Å². The van der Waals surface area contributed by atoms with Crippen LogP contribution < -0.4 is 0 Å². The molecule has 0 saturated heterocycles. The SMILES string of the molecule is OCCC#Cc1ccsc1CSCC(O)CO. The first kappa shape index (κ1) is 14.6. The van der Waals surface area contributed by atoms with Gasteiger partial charge in [0.05, 0.1) is 19.3 Å². The van der Waals surface area contributed by atoms with Crippen molar-refractivity contribution < 1.29 is 15.3 Å². The molecule has 0 fully saturated rings. The highest BCUT2D eigenvalue weighted by atomic mass is 32.2. The molecule has 0 aliphatic carbocycles. The monoisotopic (exact) mass is 272 g/mol. The molecule has 3 N–H and O–H groups in total. The van der Waals surface area contributed by atoms with Crippen molar-refractivity contribution in [3.63, 3.8) is 0 Å². The molecule has 0 bridgehead atoms. The van der Waals surface area contributed by atoms with Crippen LogP contribution in [0, 0.1) is 11.8 Å². The van der Waals surface area contributed by atoms with Crippen LogP contribution in [-0.4, -0.2) is 40.4 Å². The average Bonchev–Trinajstić information content (AvgIpc) is 2.77. The maximum atomic E-state index is 9.21. The van der Waals surface area contributed by atoms with Crippen molar-refractivity contribution in [2.45, 2.75) is 18.3 Å². The van der Waals surface area contributed by atoms with Gasteiger partial charge in [0, 0.05) is 28.4 Å². The number of hydrogen-bond acceptors (Lipinski definition) is 5. The summed E-state index contributed by atoms with van der Waals surface area (Å²) in [6, 6.07) is 1.97. The van der Waals surface area contributed by atoms with E-state index < -0.39 is 6.10 Å². The van der Waals surface area contributed by atoms with E-state index in [4.69, 9.17) is 10.2 Å². The number of hydrogen-bond donors (Lipinski definition) is 3. The molecule has 0 aliphatic heterocycles. The van der Waals surface area contributed by atoms with Crippen LogP contribution >= 0.6 is 23.1 Å². The molecule has 0 spiro atoms. The minimum Gasteiger partial charge on any atom is -0.395 e. The fourth-order valence-electron chi connectivity index (χ4n) is 1.12. The largest absolute Gasteiger partial charge is 0.395 e. The zero-order valence-electron chi connectivity index (χ0n) is 9.43. The van der Waals surface area contributed by atoms with Crippen LogP contribution in [0.25, 0.3) is 0 Å². The standard InChI is InChI=1S/C12H16O3S2/c13-5-2-1-3-10-4-6-17-12(10)9-16-8-11(15)7-14/h4,6,11,13-15H,2,5,7-9H2. The minimum absolute atomic E-state index is 0.0872. The Bertz CT molecular complexity index is 379. The highest BCUT2D eigenvalue weighted by Gasteiger charge is 2.05. The van der Waals surface area contributed by atoms with Gasteiger partial charge in [-0.1, -0.05) is 11.8 Å². The third kappa shape index (κ3) is 5.57. The minimum atomic E-state index is -0.649. The number of thioether (sulfide) groups is 1. The summed E-state index contributed by atoms with van der Waals surface area (Å²) in [4.78, 5) is 1.17. The van der Waals surface area contributed by atoms with Crippen LogP contribution in [-0.2, 0) is 5.75 Å². The Labute approximate surface area is 109 Å². The molecule has 1 aromatic rings. The molecule has 1 heterocycles. The normalized spacial score (nSPS) is 11.9. The first-order chi connectivity index (χ1) is 8.27. The molecule has 5 heteroatoms. The number of rotatable bonds is 6. The summed E-state index contributed by atoms with van der Waals surface area (Å²) in [5.74, 6) is 7.23. The lowest BCUT2D eigenvalue weighted by atomic mass is 10.2. The van der Waals surface area contributed by atoms with Gasteiger partial charge < -0.3 is 15.3 Å². The summed E-state index contributed by atoms with van der Waals surface area (Å²) < 4.78 is 0. The second-order valence-electron chi connectivity index (χ2n) is 3.38. The van der Waals surface area contributed by atoms with Crippen molar-refractivity contribution >= 4 is 23.1 Å². The Kier molecular flexibility index (Phi) is 7.33. The van der Waals surface area contributed by atoms with Gasteiger partial charge in [-0.25, -0.2) is 0 Å². The maximum Gasteiger partial charge on any atom is 0.0861 e. The van der Waals surface area contributed by atoms with Crippen LogP contribution in [0.4, 0.5) is 0 Å². The highest BCUT2D eigenvalue weighted by molar-refractivity contribution is 7.98. The Hall–Kier alpha value is -0.510. The molecule has 0 aromatic carbocycles.